The summed E-state index contributed by atoms with van der Waals surface area (Å²) in [6, 6.07) is 15.6. The van der Waals surface area contributed by atoms with Gasteiger partial charge in [0.2, 0.25) is 5.91 Å². The van der Waals surface area contributed by atoms with Crippen molar-refractivity contribution < 1.29 is 17.9 Å². The predicted molar refractivity (Wildman–Crippen MR) is 108 cm³/mol. The lowest BCUT2D eigenvalue weighted by Crippen LogP contribution is -2.34. The van der Waals surface area contributed by atoms with E-state index in [9.17, 15) is 13.2 Å². The second-order valence-electron chi connectivity index (χ2n) is 6.68. The predicted octanol–water partition coefficient (Wildman–Crippen LogP) is 4.04. The summed E-state index contributed by atoms with van der Waals surface area (Å²) >= 11 is 6.32. The summed E-state index contributed by atoms with van der Waals surface area (Å²) in [6.45, 7) is 0. The summed E-state index contributed by atoms with van der Waals surface area (Å²) in [5.41, 5.74) is 1.50. The molecule has 1 aliphatic carbocycles. The number of carbonyl (C=O) groups is 1. The fourth-order valence-electron chi connectivity index (χ4n) is 3.83. The van der Waals surface area contributed by atoms with Crippen molar-refractivity contribution in [1.29, 1.82) is 0 Å². The molecule has 0 aliphatic heterocycles. The molecule has 0 saturated heterocycles. The molecule has 1 N–H and O–H groups in total. The third kappa shape index (κ3) is 3.12. The van der Waals surface area contributed by atoms with Crippen molar-refractivity contribution in [3.63, 3.8) is 0 Å². The highest BCUT2D eigenvalue weighted by Crippen LogP contribution is 2.42. The van der Waals surface area contributed by atoms with E-state index in [0.717, 1.165) is 10.9 Å². The Morgan fingerprint density at radius 3 is 2.64 bits per heavy atom. The van der Waals surface area contributed by atoms with Gasteiger partial charge < -0.3 is 4.74 Å². The van der Waals surface area contributed by atoms with Crippen molar-refractivity contribution in [3.05, 3.63) is 70.7 Å². The number of carbonyl (C=O) groups excluding carboxylic acids is 1. The normalized spacial score (nSPS) is 16.0. The molecular weight excluding hydrogens is 398 g/mol. The largest absolute Gasteiger partial charge is 0.496 e. The van der Waals surface area contributed by atoms with Crippen LogP contribution in [0.3, 0.4) is 0 Å². The van der Waals surface area contributed by atoms with Crippen LogP contribution in [0.1, 0.15) is 23.5 Å². The molecule has 28 heavy (non-hydrogen) atoms. The number of hydrogen-bond donors (Lipinski definition) is 1. The van der Waals surface area contributed by atoms with E-state index >= 15 is 0 Å². The fourth-order valence-corrected chi connectivity index (χ4v) is 5.38. The van der Waals surface area contributed by atoms with Gasteiger partial charge >= 0.3 is 0 Å². The molecule has 5 nitrogen and oxygen atoms in total. The molecule has 7 heteroatoms. The first kappa shape index (κ1) is 18.8. The monoisotopic (exact) mass is 415 g/mol. The van der Waals surface area contributed by atoms with E-state index in [1.54, 1.807) is 37.4 Å². The number of methoxy groups -OCH3 is 1. The van der Waals surface area contributed by atoms with E-state index < -0.39 is 21.8 Å². The molecule has 3 aromatic rings. The molecule has 0 fully saturated rings. The lowest BCUT2D eigenvalue weighted by molar-refractivity contribution is -0.120. The van der Waals surface area contributed by atoms with Crippen molar-refractivity contribution >= 4 is 38.3 Å². The molecule has 0 unspecified atom stereocenters. The van der Waals surface area contributed by atoms with Crippen LogP contribution < -0.4 is 9.46 Å². The van der Waals surface area contributed by atoms with Crippen LogP contribution in [-0.4, -0.2) is 21.4 Å². The Morgan fingerprint density at radius 1 is 1.11 bits per heavy atom. The van der Waals surface area contributed by atoms with Crippen molar-refractivity contribution in [2.45, 2.75) is 23.7 Å². The van der Waals surface area contributed by atoms with Gasteiger partial charge in [0, 0.05) is 10.4 Å². The quantitative estimate of drug-likeness (QED) is 0.698. The molecule has 0 spiro atoms. The summed E-state index contributed by atoms with van der Waals surface area (Å²) in [6.07, 6.45) is 1.08. The fraction of sp³-hybridized carbons (Fsp3) is 0.190. The molecule has 1 amide bonds. The summed E-state index contributed by atoms with van der Waals surface area (Å²) in [4.78, 5) is 13.0. The Morgan fingerprint density at radius 2 is 1.86 bits per heavy atom. The van der Waals surface area contributed by atoms with Crippen LogP contribution in [0, 0.1) is 0 Å². The number of ether oxygens (including phenoxy) is 1. The zero-order valence-corrected chi connectivity index (χ0v) is 16.7. The zero-order valence-electron chi connectivity index (χ0n) is 15.1. The Labute approximate surface area is 168 Å². The van der Waals surface area contributed by atoms with Crippen molar-refractivity contribution in [2.24, 2.45) is 0 Å². The summed E-state index contributed by atoms with van der Waals surface area (Å²) < 4.78 is 33.5. The molecule has 144 valence electrons. The van der Waals surface area contributed by atoms with Gasteiger partial charge in [0.1, 0.15) is 5.75 Å². The first-order valence-corrected chi connectivity index (χ1v) is 10.7. The Balaban J connectivity index is 1.69. The molecule has 0 aromatic heterocycles. The van der Waals surface area contributed by atoms with Crippen molar-refractivity contribution in [2.75, 3.05) is 7.11 Å². The summed E-state index contributed by atoms with van der Waals surface area (Å²) in [7, 11) is -2.47. The minimum Gasteiger partial charge on any atom is -0.496 e. The minimum atomic E-state index is -4.03. The van der Waals surface area contributed by atoms with E-state index in [1.807, 2.05) is 18.2 Å². The summed E-state index contributed by atoms with van der Waals surface area (Å²) in [5, 5.41) is 1.80. The van der Waals surface area contributed by atoms with Crippen LogP contribution in [-0.2, 0) is 21.2 Å². The maximum atomic E-state index is 12.9. The van der Waals surface area contributed by atoms with Crippen LogP contribution in [0.15, 0.2) is 59.5 Å². The summed E-state index contributed by atoms with van der Waals surface area (Å²) in [5.74, 6) is -0.559. The SMILES string of the molecule is COc1ccc(Cl)c2c1CC[C@H]2C(=O)NS(=O)(=O)c1cccc2ccccc12. The molecule has 0 bridgehead atoms. The Kier molecular flexibility index (Phi) is 4.77. The van der Waals surface area contributed by atoms with Gasteiger partial charge in [-0.25, -0.2) is 13.1 Å². The number of sulfonamides is 1. The van der Waals surface area contributed by atoms with Gasteiger partial charge in [-0.05, 0) is 47.6 Å². The van der Waals surface area contributed by atoms with Crippen LogP contribution in [0.4, 0.5) is 0 Å². The van der Waals surface area contributed by atoms with Crippen LogP contribution >= 0.6 is 11.6 Å². The number of benzene rings is 3. The third-order valence-corrected chi connectivity index (χ3v) is 6.84. The van der Waals surface area contributed by atoms with Crippen LogP contribution in [0.5, 0.6) is 5.75 Å². The minimum absolute atomic E-state index is 0.0777. The van der Waals surface area contributed by atoms with Gasteiger partial charge in [-0.3, -0.25) is 4.79 Å². The van der Waals surface area contributed by atoms with Gasteiger partial charge in [0.15, 0.2) is 0 Å². The van der Waals surface area contributed by atoms with Crippen LogP contribution in [0.2, 0.25) is 5.02 Å². The standard InChI is InChI=1S/C21H18ClNO4S/c1-27-18-12-11-17(22)20-15(18)9-10-16(20)21(24)23-28(25,26)19-8-4-6-13-5-2-3-7-14(13)19/h2-8,11-12,16H,9-10H2,1H3,(H,23,24)/t16-/m1/s1. The molecule has 0 radical (unpaired) electrons. The number of rotatable bonds is 4. The number of amides is 1. The molecule has 0 heterocycles. The smallest absolute Gasteiger partial charge is 0.264 e. The number of nitrogens with one attached hydrogen (secondary N) is 1. The van der Waals surface area contributed by atoms with E-state index in [1.165, 1.54) is 6.07 Å². The lowest BCUT2D eigenvalue weighted by Gasteiger charge is -2.15. The molecular formula is C21H18ClNO4S. The first-order valence-electron chi connectivity index (χ1n) is 8.82. The highest BCUT2D eigenvalue weighted by atomic mass is 35.5. The highest BCUT2D eigenvalue weighted by Gasteiger charge is 2.35. The molecule has 0 saturated carbocycles. The van der Waals surface area contributed by atoms with Crippen molar-refractivity contribution in [3.8, 4) is 5.75 Å². The topological polar surface area (TPSA) is 72.5 Å². The molecule has 1 atom stereocenters. The molecule has 3 aromatic carbocycles. The maximum absolute atomic E-state index is 12.9. The van der Waals surface area contributed by atoms with E-state index in [0.29, 0.717) is 34.6 Å². The van der Waals surface area contributed by atoms with E-state index in [4.69, 9.17) is 16.3 Å². The zero-order chi connectivity index (χ0) is 19.9. The maximum Gasteiger partial charge on any atom is 0.264 e. The van der Waals surface area contributed by atoms with E-state index in [-0.39, 0.29) is 4.90 Å². The molecule has 1 aliphatic rings. The molecule has 4 rings (SSSR count). The average molecular weight is 416 g/mol. The van der Waals surface area contributed by atoms with E-state index in [2.05, 4.69) is 4.72 Å². The van der Waals surface area contributed by atoms with Crippen molar-refractivity contribution in [1.82, 2.24) is 4.72 Å². The second-order valence-corrected chi connectivity index (χ2v) is 8.74. The van der Waals surface area contributed by atoms with Crippen LogP contribution in [0.25, 0.3) is 10.8 Å². The third-order valence-electron chi connectivity index (χ3n) is 5.10. The number of halogens is 1. The Bertz CT molecular complexity index is 1180. The van der Waals surface area contributed by atoms with Gasteiger partial charge in [-0.2, -0.15) is 0 Å². The van der Waals surface area contributed by atoms with Gasteiger partial charge in [0.05, 0.1) is 17.9 Å². The first-order chi connectivity index (χ1) is 13.4. The lowest BCUT2D eigenvalue weighted by atomic mass is 10.0. The average Bonchev–Trinajstić information content (AvgIpc) is 3.14. The second kappa shape index (κ2) is 7.11. The Hall–Kier alpha value is -2.57. The number of hydrogen-bond acceptors (Lipinski definition) is 4. The van der Waals surface area contributed by atoms with Gasteiger partial charge in [-0.15, -0.1) is 0 Å². The van der Waals surface area contributed by atoms with Gasteiger partial charge in [0.25, 0.3) is 10.0 Å². The van der Waals surface area contributed by atoms with Gasteiger partial charge in [-0.1, -0.05) is 48.0 Å². The highest BCUT2D eigenvalue weighted by molar-refractivity contribution is 7.90. The number of fused-ring (bicyclic) bond motifs is 2.